The quantitative estimate of drug-likeness (QED) is 0.0427. The summed E-state index contributed by atoms with van der Waals surface area (Å²) in [6.07, 6.45) is 39.8. The highest BCUT2D eigenvalue weighted by Crippen LogP contribution is 2.12. The van der Waals surface area contributed by atoms with Crippen LogP contribution in [0.25, 0.3) is 0 Å². The average molecular weight is 617 g/mol. The number of carbonyl (C=O) groups is 2. The number of rotatable bonds is 32. The Balaban J connectivity index is 4.30. The molecule has 0 radical (unpaired) electrons. The molecule has 0 rings (SSSR count). The molecule has 0 aliphatic carbocycles. The van der Waals surface area contributed by atoms with Crippen molar-refractivity contribution in [2.45, 2.75) is 168 Å². The van der Waals surface area contributed by atoms with Crippen molar-refractivity contribution in [2.24, 2.45) is 0 Å². The molecular weight excluding hydrogens is 548 g/mol. The summed E-state index contributed by atoms with van der Waals surface area (Å²) >= 11 is 0. The number of esters is 2. The van der Waals surface area contributed by atoms with E-state index in [-0.39, 0.29) is 25.2 Å². The molecule has 0 aromatic heterocycles. The predicted octanol–water partition coefficient (Wildman–Crippen LogP) is 11.3. The number of carbonyl (C=O) groups excluding carboxylic acids is 2. The van der Waals surface area contributed by atoms with Crippen LogP contribution in [0.1, 0.15) is 162 Å². The lowest BCUT2D eigenvalue weighted by Crippen LogP contribution is -2.30. The largest absolute Gasteiger partial charge is 0.462 e. The van der Waals surface area contributed by atoms with Gasteiger partial charge in [-0.2, -0.15) is 0 Å². The van der Waals surface area contributed by atoms with Crippen molar-refractivity contribution in [1.82, 2.24) is 0 Å². The SMILES string of the molecule is CC/C=C\C/C=C\C/C=C\C/C=C\CCC(=O)OCC(COCCCCCCCC)OC(=O)CCCCCCCCCCC. The van der Waals surface area contributed by atoms with E-state index in [9.17, 15) is 9.59 Å². The van der Waals surface area contributed by atoms with Gasteiger partial charge in [0.1, 0.15) is 6.61 Å². The predicted molar refractivity (Wildman–Crippen MR) is 187 cm³/mol. The zero-order chi connectivity index (χ0) is 32.2. The molecule has 0 aliphatic heterocycles. The smallest absolute Gasteiger partial charge is 0.306 e. The van der Waals surface area contributed by atoms with Crippen LogP contribution in [0.4, 0.5) is 0 Å². The number of unbranched alkanes of at least 4 members (excludes halogenated alkanes) is 13. The van der Waals surface area contributed by atoms with Crippen LogP contribution in [0.2, 0.25) is 0 Å². The molecule has 1 atom stereocenters. The van der Waals surface area contributed by atoms with Gasteiger partial charge in [-0.15, -0.1) is 0 Å². The highest BCUT2D eigenvalue weighted by molar-refractivity contribution is 5.70. The monoisotopic (exact) mass is 617 g/mol. The molecule has 1 unspecified atom stereocenters. The molecule has 0 aliphatic rings. The molecular formula is C39H68O5. The summed E-state index contributed by atoms with van der Waals surface area (Å²) in [6, 6.07) is 0. The van der Waals surface area contributed by atoms with E-state index in [1.54, 1.807) is 0 Å². The molecule has 0 fully saturated rings. The van der Waals surface area contributed by atoms with E-state index in [0.717, 1.165) is 51.4 Å². The van der Waals surface area contributed by atoms with E-state index < -0.39 is 6.10 Å². The summed E-state index contributed by atoms with van der Waals surface area (Å²) in [7, 11) is 0. The molecule has 0 bridgehead atoms. The van der Waals surface area contributed by atoms with Crippen LogP contribution < -0.4 is 0 Å². The van der Waals surface area contributed by atoms with Gasteiger partial charge in [0.05, 0.1) is 6.61 Å². The Morgan fingerprint density at radius 2 is 1.02 bits per heavy atom. The Labute approximate surface area is 272 Å². The van der Waals surface area contributed by atoms with E-state index in [1.165, 1.54) is 70.6 Å². The summed E-state index contributed by atoms with van der Waals surface area (Å²) in [4.78, 5) is 24.8. The van der Waals surface area contributed by atoms with E-state index in [2.05, 4.69) is 63.3 Å². The zero-order valence-corrected chi connectivity index (χ0v) is 28.9. The minimum Gasteiger partial charge on any atom is -0.462 e. The number of allylic oxidation sites excluding steroid dienone is 8. The first-order valence-corrected chi connectivity index (χ1v) is 18.2. The van der Waals surface area contributed by atoms with Crippen LogP contribution in [-0.4, -0.2) is 37.9 Å². The molecule has 5 nitrogen and oxygen atoms in total. The molecule has 0 heterocycles. The first kappa shape index (κ1) is 41.9. The fraction of sp³-hybridized carbons (Fsp3) is 0.744. The van der Waals surface area contributed by atoms with Gasteiger partial charge in [-0.25, -0.2) is 0 Å². The van der Waals surface area contributed by atoms with Gasteiger partial charge < -0.3 is 14.2 Å². The molecule has 0 saturated carbocycles. The van der Waals surface area contributed by atoms with E-state index >= 15 is 0 Å². The van der Waals surface area contributed by atoms with Gasteiger partial charge in [-0.05, 0) is 44.9 Å². The van der Waals surface area contributed by atoms with Gasteiger partial charge in [0.2, 0.25) is 0 Å². The van der Waals surface area contributed by atoms with Crippen LogP contribution in [0.3, 0.4) is 0 Å². The average Bonchev–Trinajstić information content (AvgIpc) is 3.02. The fourth-order valence-electron chi connectivity index (χ4n) is 4.70. The van der Waals surface area contributed by atoms with Gasteiger partial charge in [-0.3, -0.25) is 9.59 Å². The Hall–Kier alpha value is -2.14. The number of ether oxygens (including phenoxy) is 3. The van der Waals surface area contributed by atoms with Gasteiger partial charge in [0.25, 0.3) is 0 Å². The third-order valence-electron chi connectivity index (χ3n) is 7.39. The van der Waals surface area contributed by atoms with E-state index in [4.69, 9.17) is 14.2 Å². The third kappa shape index (κ3) is 32.8. The lowest BCUT2D eigenvalue weighted by molar-refractivity contribution is -0.162. The minimum atomic E-state index is -0.553. The van der Waals surface area contributed by atoms with Gasteiger partial charge in [-0.1, -0.05) is 153 Å². The Kier molecular flexibility index (Phi) is 33.6. The van der Waals surface area contributed by atoms with Crippen LogP contribution in [0.15, 0.2) is 48.6 Å². The summed E-state index contributed by atoms with van der Waals surface area (Å²) < 4.78 is 17.0. The summed E-state index contributed by atoms with van der Waals surface area (Å²) in [5, 5.41) is 0. The normalized spacial score (nSPS) is 12.7. The van der Waals surface area contributed by atoms with Crippen molar-refractivity contribution in [3.05, 3.63) is 48.6 Å². The van der Waals surface area contributed by atoms with E-state index in [0.29, 0.717) is 25.9 Å². The van der Waals surface area contributed by atoms with Crippen molar-refractivity contribution in [3.63, 3.8) is 0 Å². The van der Waals surface area contributed by atoms with Crippen molar-refractivity contribution in [1.29, 1.82) is 0 Å². The van der Waals surface area contributed by atoms with Gasteiger partial charge in [0.15, 0.2) is 6.10 Å². The maximum atomic E-state index is 12.5. The minimum absolute atomic E-state index is 0.0486. The molecule has 0 aromatic rings. The summed E-state index contributed by atoms with van der Waals surface area (Å²) in [5.74, 6) is -0.500. The lowest BCUT2D eigenvalue weighted by Gasteiger charge is -2.18. The highest BCUT2D eigenvalue weighted by Gasteiger charge is 2.17. The van der Waals surface area contributed by atoms with Crippen molar-refractivity contribution in [3.8, 4) is 0 Å². The van der Waals surface area contributed by atoms with Crippen molar-refractivity contribution in [2.75, 3.05) is 19.8 Å². The molecule has 44 heavy (non-hydrogen) atoms. The maximum absolute atomic E-state index is 12.5. The molecule has 0 N–H and O–H groups in total. The third-order valence-corrected chi connectivity index (χ3v) is 7.39. The second-order valence-electron chi connectivity index (χ2n) is 11.8. The van der Waals surface area contributed by atoms with Crippen LogP contribution >= 0.6 is 0 Å². The molecule has 0 aromatic carbocycles. The van der Waals surface area contributed by atoms with Crippen LogP contribution in [-0.2, 0) is 23.8 Å². The second kappa shape index (κ2) is 35.3. The topological polar surface area (TPSA) is 61.8 Å². The fourth-order valence-corrected chi connectivity index (χ4v) is 4.70. The Morgan fingerprint density at radius 1 is 0.523 bits per heavy atom. The van der Waals surface area contributed by atoms with Crippen molar-refractivity contribution < 1.29 is 23.8 Å². The number of hydrogen-bond acceptors (Lipinski definition) is 5. The van der Waals surface area contributed by atoms with Gasteiger partial charge >= 0.3 is 11.9 Å². The van der Waals surface area contributed by atoms with Crippen LogP contribution in [0.5, 0.6) is 0 Å². The van der Waals surface area contributed by atoms with E-state index in [1.807, 2.05) is 6.08 Å². The van der Waals surface area contributed by atoms with Gasteiger partial charge in [0, 0.05) is 19.4 Å². The molecule has 254 valence electrons. The standard InChI is InChI=1S/C39H68O5/c1-4-7-10-13-16-18-19-20-21-23-24-26-29-32-38(40)43-36-37(35-42-34-31-28-15-12-9-6-3)44-39(41)33-30-27-25-22-17-14-11-8-5-2/h7,10,16,18,20-21,24,26,37H,4-6,8-9,11-15,17,19,22-23,25,27-36H2,1-3H3/b10-7-,18-16-,21-20-,26-24-. The first-order chi connectivity index (χ1) is 21.6. The maximum Gasteiger partial charge on any atom is 0.306 e. The summed E-state index contributed by atoms with van der Waals surface area (Å²) in [6.45, 7) is 7.55. The summed E-state index contributed by atoms with van der Waals surface area (Å²) in [5.41, 5.74) is 0. The second-order valence-corrected chi connectivity index (χ2v) is 11.8. The Morgan fingerprint density at radius 3 is 1.59 bits per heavy atom. The van der Waals surface area contributed by atoms with Crippen LogP contribution in [0, 0.1) is 0 Å². The number of hydrogen-bond donors (Lipinski definition) is 0. The molecule has 0 spiro atoms. The van der Waals surface area contributed by atoms with Crippen molar-refractivity contribution >= 4 is 11.9 Å². The molecule has 5 heteroatoms. The highest BCUT2D eigenvalue weighted by atomic mass is 16.6. The molecule has 0 amide bonds. The Bertz CT molecular complexity index is 752. The zero-order valence-electron chi connectivity index (χ0n) is 28.9. The molecule has 0 saturated heterocycles. The lowest BCUT2D eigenvalue weighted by atomic mass is 10.1. The first-order valence-electron chi connectivity index (χ1n) is 18.2.